The molecule has 0 saturated heterocycles. The van der Waals surface area contributed by atoms with Crippen molar-refractivity contribution >= 4 is 38.6 Å². The predicted octanol–water partition coefficient (Wildman–Crippen LogP) is 2.53. The summed E-state index contributed by atoms with van der Waals surface area (Å²) in [6, 6.07) is 0. The maximum absolute atomic E-state index is 7.50. The Bertz CT molecular complexity index is 130. The van der Waals surface area contributed by atoms with E-state index >= 15 is 0 Å². The quantitative estimate of drug-likeness (QED) is 0.275. The molecule has 0 aliphatic carbocycles. The van der Waals surface area contributed by atoms with E-state index in [1.807, 2.05) is 0 Å². The molecule has 12 heteroatoms. The minimum absolute atomic E-state index is 0.639. The van der Waals surface area contributed by atoms with Gasteiger partial charge in [0.25, 0.3) is 0 Å². The summed E-state index contributed by atoms with van der Waals surface area (Å²) < 4.78 is 45.0. The van der Waals surface area contributed by atoms with Gasteiger partial charge >= 0.3 is 137 Å². The van der Waals surface area contributed by atoms with Crippen LogP contribution in [0.5, 0.6) is 0 Å². The molecule has 0 aliphatic rings. The van der Waals surface area contributed by atoms with Crippen LogP contribution in [-0.4, -0.2) is 0 Å². The van der Waals surface area contributed by atoms with Crippen LogP contribution in [0.4, 0.5) is 0 Å². The van der Waals surface area contributed by atoms with Crippen molar-refractivity contribution in [2.24, 2.45) is 0 Å². The molecule has 18 heavy (non-hydrogen) atoms. The Hall–Kier alpha value is 0.873. The Morgan fingerprint density at radius 3 is 0.389 bits per heavy atom. The van der Waals surface area contributed by atoms with E-state index in [-0.39, 0.29) is 0 Å². The molecule has 0 atom stereocenters. The zero-order valence-corrected chi connectivity index (χ0v) is 15.8. The second kappa shape index (κ2) is 617. The van der Waals surface area contributed by atoms with Gasteiger partial charge in [-0.15, -0.1) is 0 Å². The van der Waals surface area contributed by atoms with Crippen LogP contribution in [-0.2, 0) is 58.7 Å². The fourth-order valence-electron chi connectivity index (χ4n) is 0. The molecule has 0 bridgehead atoms. The zero-order valence-electron chi connectivity index (χ0n) is 7.67. The molecule has 0 fully saturated rings. The van der Waals surface area contributed by atoms with E-state index in [0.717, 1.165) is 0 Å². The van der Waals surface area contributed by atoms with Crippen molar-refractivity contribution in [3.63, 3.8) is 0 Å². The molecule has 6 nitrogen and oxygen atoms in total. The van der Waals surface area contributed by atoms with Gasteiger partial charge in [-0.05, 0) is 0 Å². The topological polar surface area (TPSA) is 119 Å². The van der Waals surface area contributed by atoms with Gasteiger partial charge in [0.15, 0.2) is 0 Å². The minimum atomic E-state index is -0.639. The van der Waals surface area contributed by atoms with Crippen LogP contribution in [0.1, 0.15) is 0 Å². The standard InChI is InChI=1S/6CO.4ClH.2Os/c6*1-2;;;;;;/h;;;;;;4*1H;;/q;;;;;;;;;;2*+2/p-4. The van der Waals surface area contributed by atoms with Crippen LogP contribution in [0.15, 0.2) is 0 Å². The summed E-state index contributed by atoms with van der Waals surface area (Å²) in [6.07, 6.45) is 0. The molecule has 0 N–H and O–H groups in total. The van der Waals surface area contributed by atoms with E-state index in [2.05, 4.69) is 39.9 Å². The van der Waals surface area contributed by atoms with Crippen LogP contribution in [0.25, 0.3) is 0 Å². The van der Waals surface area contributed by atoms with E-state index in [4.69, 9.17) is 66.5 Å². The van der Waals surface area contributed by atoms with Crippen molar-refractivity contribution in [1.29, 1.82) is 0 Å². The first-order valence-corrected chi connectivity index (χ1v) is 14.4. The third kappa shape index (κ3) is 5580. The average Bonchev–Trinajstić information content (AvgIpc) is 2.52. The maximum atomic E-state index is 7.50. The van der Waals surface area contributed by atoms with Gasteiger partial charge in [-0.3, -0.25) is 0 Å². The van der Waals surface area contributed by atoms with Crippen molar-refractivity contribution in [1.82, 2.24) is 0 Å². The number of hydrogen-bond acceptors (Lipinski definition) is 0. The summed E-state index contributed by atoms with van der Waals surface area (Å²) in [5.74, 6) is 0. The van der Waals surface area contributed by atoms with Crippen LogP contribution in [0.3, 0.4) is 0 Å². The predicted molar refractivity (Wildman–Crippen MR) is 47.0 cm³/mol. The molecule has 0 aromatic rings. The molecular weight excluding hydrogens is 690 g/mol. The van der Waals surface area contributed by atoms with E-state index in [9.17, 15) is 0 Å². The first-order chi connectivity index (χ1) is 8.83. The van der Waals surface area contributed by atoms with Gasteiger partial charge in [-0.25, -0.2) is 0 Å². The van der Waals surface area contributed by atoms with Gasteiger partial charge < -0.3 is 0 Å². The van der Waals surface area contributed by atoms with Gasteiger partial charge in [0.05, 0.1) is 0 Å². The van der Waals surface area contributed by atoms with Gasteiger partial charge in [-0.2, -0.15) is 0 Å². The van der Waals surface area contributed by atoms with Crippen molar-refractivity contribution in [2.45, 2.75) is 0 Å². The molecule has 0 aromatic carbocycles. The number of rotatable bonds is 0. The van der Waals surface area contributed by atoms with Crippen molar-refractivity contribution < 1.29 is 58.7 Å². The first kappa shape index (κ1) is 51.0. The fraction of sp³-hybridized carbons (Fsp3) is 0. The molecule has 0 aromatic heterocycles. The van der Waals surface area contributed by atoms with Gasteiger partial charge in [0, 0.05) is 0 Å². The monoisotopic (exact) mass is 692 g/mol. The molecule has 0 amide bonds. The molecule has 0 unspecified atom stereocenters. The van der Waals surface area contributed by atoms with E-state index in [0.29, 0.717) is 0 Å². The second-order valence-electron chi connectivity index (χ2n) is 0.101. The van der Waals surface area contributed by atoms with Crippen LogP contribution >= 0.6 is 38.6 Å². The summed E-state index contributed by atoms with van der Waals surface area (Å²) in [5, 5.41) is 0. The fourth-order valence-corrected chi connectivity index (χ4v) is 0. The Morgan fingerprint density at radius 2 is 0.389 bits per heavy atom. The Kier molecular flexibility index (Phi) is 1750. The Labute approximate surface area is 136 Å². The van der Waals surface area contributed by atoms with Gasteiger partial charge in [0.2, 0.25) is 0 Å². The molecule has 0 saturated carbocycles. The summed E-state index contributed by atoms with van der Waals surface area (Å²) in [5.41, 5.74) is 0. The number of hydrogen-bond donors (Lipinski definition) is 0. The van der Waals surface area contributed by atoms with Crippen molar-refractivity contribution in [3.05, 3.63) is 39.9 Å². The molecular formula is C6Cl4O6Os2. The third-order valence-corrected chi connectivity index (χ3v) is 0. The molecule has 0 aliphatic heterocycles. The third-order valence-electron chi connectivity index (χ3n) is 0. The first-order valence-electron chi connectivity index (χ1n) is 1.76. The van der Waals surface area contributed by atoms with Gasteiger partial charge in [-0.1, -0.05) is 0 Å². The normalized spacial score (nSPS) is 3.11. The number of halogens is 4. The van der Waals surface area contributed by atoms with Crippen LogP contribution < -0.4 is 0 Å². The molecule has 0 spiro atoms. The molecule has 0 heterocycles. The van der Waals surface area contributed by atoms with E-state index in [1.165, 1.54) is 0 Å². The average molecular weight is 690 g/mol. The molecule has 0 radical (unpaired) electrons. The molecule has 104 valence electrons. The summed E-state index contributed by atoms with van der Waals surface area (Å²) >= 11 is -1.28. The van der Waals surface area contributed by atoms with Gasteiger partial charge in [0.1, 0.15) is 0 Å². The Morgan fingerprint density at radius 1 is 0.389 bits per heavy atom. The zero-order chi connectivity index (χ0) is 17.4. The summed E-state index contributed by atoms with van der Waals surface area (Å²) in [6.45, 7) is 27.0. The van der Waals surface area contributed by atoms with E-state index < -0.39 is 30.8 Å². The van der Waals surface area contributed by atoms with Crippen LogP contribution in [0.2, 0.25) is 0 Å². The summed E-state index contributed by atoms with van der Waals surface area (Å²) in [7, 11) is 19.6. The summed E-state index contributed by atoms with van der Waals surface area (Å²) in [4.78, 5) is 0. The van der Waals surface area contributed by atoms with Crippen molar-refractivity contribution in [2.75, 3.05) is 0 Å². The van der Waals surface area contributed by atoms with E-state index in [1.54, 1.807) is 0 Å². The van der Waals surface area contributed by atoms with Crippen LogP contribution in [0, 0.1) is 39.9 Å². The van der Waals surface area contributed by atoms with Crippen molar-refractivity contribution in [3.8, 4) is 0 Å². The second-order valence-corrected chi connectivity index (χ2v) is 7.44. The Balaban J connectivity index is -0.0000000107. The SMILES string of the molecule is [C-]#[O+].[C-]#[O+].[C-]#[O+].[C-]#[O+].[C-]#[O+].[C-]#[O+].[Cl][Os][Cl].[Cl][Os][Cl]. The molecule has 0 rings (SSSR count).